The van der Waals surface area contributed by atoms with Crippen LogP contribution in [0.2, 0.25) is 5.02 Å². The lowest BCUT2D eigenvalue weighted by Crippen LogP contribution is -2.37. The molecule has 0 aliphatic carbocycles. The van der Waals surface area contributed by atoms with Crippen molar-refractivity contribution in [2.75, 3.05) is 12.0 Å². The first-order chi connectivity index (χ1) is 7.75. The number of carbonyl (C=O) groups excluding carboxylic acids is 1. The first-order valence-corrected chi connectivity index (χ1v) is 5.50. The predicted molar refractivity (Wildman–Crippen MR) is 64.8 cm³/mol. The van der Waals surface area contributed by atoms with Gasteiger partial charge < -0.3 is 5.32 Å². The van der Waals surface area contributed by atoms with Crippen LogP contribution in [0.1, 0.15) is 12.8 Å². The minimum Gasteiger partial charge on any atom is -0.351 e. The van der Waals surface area contributed by atoms with Crippen LogP contribution in [0.15, 0.2) is 29.4 Å². The SMILES string of the molecule is O=C1NCCC/C1=N\Nc1cccc(Cl)c1. The molecule has 1 aliphatic rings. The molecular formula is C11H12ClN3O. The van der Waals surface area contributed by atoms with Crippen LogP contribution >= 0.6 is 11.6 Å². The van der Waals surface area contributed by atoms with Gasteiger partial charge in [0.2, 0.25) is 0 Å². The van der Waals surface area contributed by atoms with Crippen LogP contribution in [0, 0.1) is 0 Å². The molecule has 84 valence electrons. The second kappa shape index (κ2) is 4.99. The molecule has 2 rings (SSSR count). The lowest BCUT2D eigenvalue weighted by molar-refractivity contribution is -0.115. The first-order valence-electron chi connectivity index (χ1n) is 5.12. The highest BCUT2D eigenvalue weighted by Crippen LogP contribution is 2.15. The van der Waals surface area contributed by atoms with Crippen LogP contribution in [0.25, 0.3) is 0 Å². The van der Waals surface area contributed by atoms with Gasteiger partial charge in [-0.1, -0.05) is 17.7 Å². The highest BCUT2D eigenvalue weighted by Gasteiger charge is 2.15. The van der Waals surface area contributed by atoms with Gasteiger partial charge in [-0.05, 0) is 31.0 Å². The van der Waals surface area contributed by atoms with Crippen molar-refractivity contribution in [1.29, 1.82) is 0 Å². The van der Waals surface area contributed by atoms with Gasteiger partial charge in [0.25, 0.3) is 5.91 Å². The van der Waals surface area contributed by atoms with E-state index < -0.39 is 0 Å². The number of rotatable bonds is 2. The van der Waals surface area contributed by atoms with Crippen molar-refractivity contribution in [3.63, 3.8) is 0 Å². The third-order valence-electron chi connectivity index (χ3n) is 2.28. The topological polar surface area (TPSA) is 53.5 Å². The number of hydrogen-bond acceptors (Lipinski definition) is 3. The minimum atomic E-state index is -0.0965. The van der Waals surface area contributed by atoms with E-state index >= 15 is 0 Å². The smallest absolute Gasteiger partial charge is 0.267 e. The number of piperidine rings is 1. The Bertz CT molecular complexity index is 431. The maximum atomic E-state index is 11.4. The number of amides is 1. The molecule has 5 heteroatoms. The number of benzene rings is 1. The largest absolute Gasteiger partial charge is 0.351 e. The molecule has 1 fully saturated rings. The quantitative estimate of drug-likeness (QED) is 0.774. The molecular weight excluding hydrogens is 226 g/mol. The van der Waals surface area contributed by atoms with Crippen LogP contribution in [0.3, 0.4) is 0 Å². The molecule has 1 saturated heterocycles. The Labute approximate surface area is 98.7 Å². The standard InChI is InChI=1S/C11H12ClN3O/c12-8-3-1-4-9(7-8)14-15-10-5-2-6-13-11(10)16/h1,3-4,7,14H,2,5-6H2,(H,13,16)/b15-10+. The zero-order valence-electron chi connectivity index (χ0n) is 8.66. The summed E-state index contributed by atoms with van der Waals surface area (Å²) in [5.74, 6) is -0.0965. The highest BCUT2D eigenvalue weighted by atomic mass is 35.5. The van der Waals surface area contributed by atoms with Crippen LogP contribution < -0.4 is 10.7 Å². The van der Waals surface area contributed by atoms with E-state index in [4.69, 9.17) is 11.6 Å². The van der Waals surface area contributed by atoms with Crippen molar-refractivity contribution in [3.8, 4) is 0 Å². The molecule has 16 heavy (non-hydrogen) atoms. The van der Waals surface area contributed by atoms with Crippen LogP contribution in [-0.4, -0.2) is 18.2 Å². The lowest BCUT2D eigenvalue weighted by Gasteiger charge is -2.13. The second-order valence-electron chi connectivity index (χ2n) is 3.54. The van der Waals surface area contributed by atoms with Crippen molar-refractivity contribution in [1.82, 2.24) is 5.32 Å². The highest BCUT2D eigenvalue weighted by molar-refractivity contribution is 6.39. The second-order valence-corrected chi connectivity index (χ2v) is 3.98. The lowest BCUT2D eigenvalue weighted by atomic mass is 10.1. The fourth-order valence-electron chi connectivity index (χ4n) is 1.47. The molecule has 4 nitrogen and oxygen atoms in total. The minimum absolute atomic E-state index is 0.0965. The summed E-state index contributed by atoms with van der Waals surface area (Å²) in [7, 11) is 0. The molecule has 0 saturated carbocycles. The van der Waals surface area contributed by atoms with E-state index in [0.717, 1.165) is 18.7 Å². The van der Waals surface area contributed by atoms with Crippen molar-refractivity contribution in [3.05, 3.63) is 29.3 Å². The Morgan fingerprint density at radius 1 is 1.44 bits per heavy atom. The van der Waals surface area contributed by atoms with Crippen LogP contribution in [-0.2, 0) is 4.79 Å². The van der Waals surface area contributed by atoms with E-state index in [1.165, 1.54) is 0 Å². The molecule has 1 aromatic rings. The van der Waals surface area contributed by atoms with E-state index in [1.807, 2.05) is 12.1 Å². The average Bonchev–Trinajstić information content (AvgIpc) is 2.28. The Balaban J connectivity index is 2.05. The third-order valence-corrected chi connectivity index (χ3v) is 2.52. The van der Waals surface area contributed by atoms with Crippen molar-refractivity contribution in [2.24, 2.45) is 5.10 Å². The maximum absolute atomic E-state index is 11.4. The summed E-state index contributed by atoms with van der Waals surface area (Å²) in [5, 5.41) is 7.45. The molecule has 0 unspecified atom stereocenters. The number of nitrogens with zero attached hydrogens (tertiary/aromatic N) is 1. The summed E-state index contributed by atoms with van der Waals surface area (Å²) >= 11 is 5.83. The molecule has 1 aliphatic heterocycles. The van der Waals surface area contributed by atoms with Gasteiger partial charge in [-0.15, -0.1) is 0 Å². The normalized spacial score (nSPS) is 18.3. The zero-order valence-corrected chi connectivity index (χ0v) is 9.42. The summed E-state index contributed by atoms with van der Waals surface area (Å²) < 4.78 is 0. The average molecular weight is 238 g/mol. The van der Waals surface area contributed by atoms with E-state index in [1.54, 1.807) is 12.1 Å². The van der Waals surface area contributed by atoms with Gasteiger partial charge in [0.1, 0.15) is 5.71 Å². The molecule has 0 radical (unpaired) electrons. The first kappa shape index (κ1) is 11.0. The Hall–Kier alpha value is -1.55. The van der Waals surface area contributed by atoms with Gasteiger partial charge >= 0.3 is 0 Å². The molecule has 0 bridgehead atoms. The molecule has 1 aromatic carbocycles. The van der Waals surface area contributed by atoms with Crippen molar-refractivity contribution < 1.29 is 4.79 Å². The van der Waals surface area contributed by atoms with Crippen molar-refractivity contribution >= 4 is 28.9 Å². The maximum Gasteiger partial charge on any atom is 0.267 e. The van der Waals surface area contributed by atoms with E-state index in [-0.39, 0.29) is 5.91 Å². The molecule has 1 amide bonds. The van der Waals surface area contributed by atoms with Gasteiger partial charge in [-0.3, -0.25) is 10.2 Å². The molecule has 1 heterocycles. The summed E-state index contributed by atoms with van der Waals surface area (Å²) in [5.41, 5.74) is 4.14. The number of nitrogens with one attached hydrogen (secondary N) is 2. The van der Waals surface area contributed by atoms with E-state index in [2.05, 4.69) is 15.8 Å². The molecule has 0 aromatic heterocycles. The Morgan fingerprint density at radius 2 is 2.31 bits per heavy atom. The Morgan fingerprint density at radius 3 is 3.06 bits per heavy atom. The number of anilines is 1. The fourth-order valence-corrected chi connectivity index (χ4v) is 1.66. The predicted octanol–water partition coefficient (Wildman–Crippen LogP) is 2.02. The molecule has 2 N–H and O–H groups in total. The van der Waals surface area contributed by atoms with E-state index in [0.29, 0.717) is 17.2 Å². The number of hydrogen-bond donors (Lipinski definition) is 2. The van der Waals surface area contributed by atoms with Gasteiger partial charge in [-0.2, -0.15) is 5.10 Å². The van der Waals surface area contributed by atoms with Gasteiger partial charge in [0, 0.05) is 11.6 Å². The van der Waals surface area contributed by atoms with Gasteiger partial charge in [0.15, 0.2) is 0 Å². The van der Waals surface area contributed by atoms with E-state index in [9.17, 15) is 4.79 Å². The monoisotopic (exact) mass is 237 g/mol. The molecule has 0 atom stereocenters. The summed E-state index contributed by atoms with van der Waals surface area (Å²) in [6, 6.07) is 7.21. The van der Waals surface area contributed by atoms with Gasteiger partial charge in [-0.25, -0.2) is 0 Å². The summed E-state index contributed by atoms with van der Waals surface area (Å²) in [4.78, 5) is 11.4. The summed E-state index contributed by atoms with van der Waals surface area (Å²) in [6.45, 7) is 0.731. The fraction of sp³-hybridized carbons (Fsp3) is 0.273. The van der Waals surface area contributed by atoms with Gasteiger partial charge in [0.05, 0.1) is 5.69 Å². The number of hydrazone groups is 1. The summed E-state index contributed by atoms with van der Waals surface area (Å²) in [6.07, 6.45) is 1.64. The zero-order chi connectivity index (χ0) is 11.4. The number of halogens is 1. The van der Waals surface area contributed by atoms with Crippen molar-refractivity contribution in [2.45, 2.75) is 12.8 Å². The molecule has 0 spiro atoms. The van der Waals surface area contributed by atoms with Crippen LogP contribution in [0.4, 0.5) is 5.69 Å². The Kier molecular flexibility index (Phi) is 3.41. The third kappa shape index (κ3) is 2.73. The van der Waals surface area contributed by atoms with Crippen LogP contribution in [0.5, 0.6) is 0 Å². The number of carbonyl (C=O) groups is 1.